The first kappa shape index (κ1) is 19.4. The fourth-order valence-corrected chi connectivity index (χ4v) is 3.44. The number of hydrogen-bond donors (Lipinski definition) is 1. The smallest absolute Gasteiger partial charge is 0.175 e. The van der Waals surface area contributed by atoms with Crippen LogP contribution in [0.4, 0.5) is 4.39 Å². The van der Waals surface area contributed by atoms with Crippen molar-refractivity contribution in [1.82, 2.24) is 10.5 Å². The maximum Gasteiger partial charge on any atom is 0.175 e. The Morgan fingerprint density at radius 2 is 2.00 bits per heavy atom. The lowest BCUT2D eigenvalue weighted by Gasteiger charge is -2.08. The predicted molar refractivity (Wildman–Crippen MR) is 108 cm³/mol. The third kappa shape index (κ3) is 4.66. The molecule has 7 heteroatoms. The maximum atomic E-state index is 13.1. The molecule has 140 valence electrons. The molecule has 4 aromatic rings. The number of thiophene rings is 1. The van der Waals surface area contributed by atoms with Gasteiger partial charge in [0.1, 0.15) is 18.2 Å². The van der Waals surface area contributed by atoms with Gasteiger partial charge < -0.3 is 14.6 Å². The van der Waals surface area contributed by atoms with E-state index in [0.29, 0.717) is 19.7 Å². The van der Waals surface area contributed by atoms with Crippen molar-refractivity contribution >= 4 is 34.0 Å². The zero-order chi connectivity index (χ0) is 17.8. The van der Waals surface area contributed by atoms with E-state index < -0.39 is 0 Å². The van der Waals surface area contributed by atoms with Crippen LogP contribution >= 0.6 is 23.7 Å². The molecule has 0 radical (unpaired) electrons. The highest BCUT2D eigenvalue weighted by atomic mass is 35.5. The summed E-state index contributed by atoms with van der Waals surface area (Å²) in [6.45, 7) is 1.79. The molecule has 0 saturated heterocycles. The van der Waals surface area contributed by atoms with Crippen molar-refractivity contribution in [1.29, 1.82) is 0 Å². The minimum absolute atomic E-state index is 0. The Kier molecular flexibility index (Phi) is 6.45. The number of nitrogens with one attached hydrogen (secondary N) is 1. The van der Waals surface area contributed by atoms with Crippen molar-refractivity contribution in [2.75, 3.05) is 13.2 Å². The first-order valence-corrected chi connectivity index (χ1v) is 9.19. The molecule has 0 spiro atoms. The zero-order valence-electron chi connectivity index (χ0n) is 14.4. The summed E-state index contributed by atoms with van der Waals surface area (Å²) in [6.07, 6.45) is 0. The number of rotatable bonds is 7. The molecule has 2 heterocycles. The summed E-state index contributed by atoms with van der Waals surface area (Å²) in [6, 6.07) is 16.4. The quantitative estimate of drug-likeness (QED) is 0.425. The second-order valence-electron chi connectivity index (χ2n) is 5.83. The van der Waals surface area contributed by atoms with Gasteiger partial charge in [-0.2, -0.15) is 0 Å². The summed E-state index contributed by atoms with van der Waals surface area (Å²) >= 11 is 1.56. The van der Waals surface area contributed by atoms with Gasteiger partial charge in [0.15, 0.2) is 10.6 Å². The van der Waals surface area contributed by atoms with E-state index in [0.717, 1.165) is 32.9 Å². The first-order chi connectivity index (χ1) is 12.8. The minimum atomic E-state index is -0.218. The van der Waals surface area contributed by atoms with Crippen LogP contribution in [0.2, 0.25) is 0 Å². The molecular weight excluding hydrogens is 387 g/mol. The summed E-state index contributed by atoms with van der Waals surface area (Å²) in [7, 11) is 0. The Bertz CT molecular complexity index is 1020. The molecule has 0 saturated carbocycles. The van der Waals surface area contributed by atoms with Crippen molar-refractivity contribution in [3.8, 4) is 17.1 Å². The minimum Gasteiger partial charge on any atom is -0.492 e. The molecular formula is C20H18ClFN2O2S. The molecule has 0 amide bonds. The normalized spacial score (nSPS) is 10.7. The van der Waals surface area contributed by atoms with E-state index in [-0.39, 0.29) is 18.2 Å². The molecule has 1 N–H and O–H groups in total. The Morgan fingerprint density at radius 1 is 1.11 bits per heavy atom. The Morgan fingerprint density at radius 3 is 2.89 bits per heavy atom. The van der Waals surface area contributed by atoms with E-state index in [4.69, 9.17) is 9.26 Å². The van der Waals surface area contributed by atoms with Gasteiger partial charge in [0.25, 0.3) is 0 Å². The molecule has 2 aromatic carbocycles. The fourth-order valence-electron chi connectivity index (χ4n) is 2.74. The average molecular weight is 405 g/mol. The van der Waals surface area contributed by atoms with Crippen molar-refractivity contribution in [2.45, 2.75) is 6.54 Å². The highest BCUT2D eigenvalue weighted by molar-refractivity contribution is 7.16. The van der Waals surface area contributed by atoms with Crippen LogP contribution in [0, 0.1) is 5.82 Å². The number of halogens is 2. The van der Waals surface area contributed by atoms with E-state index in [1.807, 2.05) is 41.8 Å². The number of ether oxygens (including phenoxy) is 1. The van der Waals surface area contributed by atoms with Gasteiger partial charge in [0.2, 0.25) is 0 Å². The van der Waals surface area contributed by atoms with Crippen molar-refractivity contribution < 1.29 is 13.7 Å². The standard InChI is InChI=1S/C20H17FN2O2S.ClH/c21-16-5-1-3-14(11-16)13-22-8-9-24-17-6-2-4-15(12-17)19-18-7-10-26-20(18)23-25-19;/h1-7,10-12,22H,8-9,13H2;1H. The van der Waals surface area contributed by atoms with Gasteiger partial charge in [0.05, 0.1) is 5.39 Å². The second kappa shape index (κ2) is 8.99. The number of fused-ring (bicyclic) bond motifs is 1. The van der Waals surface area contributed by atoms with Gasteiger partial charge >= 0.3 is 0 Å². The van der Waals surface area contributed by atoms with Crippen LogP contribution in [0.5, 0.6) is 5.75 Å². The highest BCUT2D eigenvalue weighted by Gasteiger charge is 2.12. The van der Waals surface area contributed by atoms with E-state index in [9.17, 15) is 4.39 Å². The molecule has 0 bridgehead atoms. The Balaban J connectivity index is 0.00000210. The van der Waals surface area contributed by atoms with Gasteiger partial charge in [-0.1, -0.05) is 29.4 Å². The lowest BCUT2D eigenvalue weighted by Crippen LogP contribution is -2.20. The molecule has 2 aromatic heterocycles. The van der Waals surface area contributed by atoms with Crippen LogP contribution in [0.1, 0.15) is 5.56 Å². The number of benzene rings is 2. The Labute approximate surface area is 166 Å². The average Bonchev–Trinajstić information content (AvgIpc) is 3.25. The van der Waals surface area contributed by atoms with E-state index in [2.05, 4.69) is 10.5 Å². The van der Waals surface area contributed by atoms with Crippen molar-refractivity contribution in [3.05, 3.63) is 71.4 Å². The van der Waals surface area contributed by atoms with Crippen LogP contribution in [0.15, 0.2) is 64.5 Å². The molecule has 27 heavy (non-hydrogen) atoms. The fraction of sp³-hybridized carbons (Fsp3) is 0.150. The summed E-state index contributed by atoms with van der Waals surface area (Å²) in [5, 5.41) is 10.3. The summed E-state index contributed by atoms with van der Waals surface area (Å²) in [4.78, 5) is 0.896. The maximum absolute atomic E-state index is 13.1. The lowest BCUT2D eigenvalue weighted by molar-refractivity contribution is 0.313. The van der Waals surface area contributed by atoms with Crippen LogP contribution in [-0.2, 0) is 6.54 Å². The third-order valence-electron chi connectivity index (χ3n) is 3.97. The zero-order valence-corrected chi connectivity index (χ0v) is 16.0. The van der Waals surface area contributed by atoms with Gasteiger partial charge in [-0.15, -0.1) is 23.7 Å². The third-order valence-corrected chi connectivity index (χ3v) is 4.76. The molecule has 0 aliphatic rings. The molecule has 0 atom stereocenters. The first-order valence-electron chi connectivity index (χ1n) is 8.31. The van der Waals surface area contributed by atoms with E-state index >= 15 is 0 Å². The predicted octanol–water partition coefficient (Wildman–Crippen LogP) is 5.29. The van der Waals surface area contributed by atoms with Gasteiger partial charge in [-0.05, 0) is 41.3 Å². The molecule has 4 nitrogen and oxygen atoms in total. The Hall–Kier alpha value is -2.41. The molecule has 0 aliphatic heterocycles. The molecule has 4 rings (SSSR count). The highest BCUT2D eigenvalue weighted by Crippen LogP contribution is 2.32. The van der Waals surface area contributed by atoms with Crippen LogP contribution < -0.4 is 10.1 Å². The number of aromatic nitrogens is 1. The van der Waals surface area contributed by atoms with Crippen LogP contribution in [0.3, 0.4) is 0 Å². The molecule has 0 unspecified atom stereocenters. The lowest BCUT2D eigenvalue weighted by atomic mass is 10.1. The van der Waals surface area contributed by atoms with Crippen LogP contribution in [0.25, 0.3) is 21.5 Å². The monoisotopic (exact) mass is 404 g/mol. The molecule has 0 fully saturated rings. The SMILES string of the molecule is Cl.Fc1cccc(CNCCOc2cccc(-c3onc4sccc34)c2)c1. The van der Waals surface area contributed by atoms with Gasteiger partial charge in [0, 0.05) is 18.7 Å². The van der Waals surface area contributed by atoms with Crippen molar-refractivity contribution in [3.63, 3.8) is 0 Å². The topological polar surface area (TPSA) is 47.3 Å². The largest absolute Gasteiger partial charge is 0.492 e. The second-order valence-corrected chi connectivity index (χ2v) is 6.73. The van der Waals surface area contributed by atoms with Gasteiger partial charge in [-0.3, -0.25) is 0 Å². The van der Waals surface area contributed by atoms with Gasteiger partial charge in [-0.25, -0.2) is 4.39 Å². The summed E-state index contributed by atoms with van der Waals surface area (Å²) in [5.41, 5.74) is 1.85. The van der Waals surface area contributed by atoms with Crippen molar-refractivity contribution in [2.24, 2.45) is 0 Å². The summed E-state index contributed by atoms with van der Waals surface area (Å²) < 4.78 is 24.4. The van der Waals surface area contributed by atoms with Crippen LogP contribution in [-0.4, -0.2) is 18.3 Å². The van der Waals surface area contributed by atoms with E-state index in [1.165, 1.54) is 12.1 Å². The summed E-state index contributed by atoms with van der Waals surface area (Å²) in [5.74, 6) is 1.32. The van der Waals surface area contributed by atoms with E-state index in [1.54, 1.807) is 17.4 Å². The molecule has 0 aliphatic carbocycles. The number of hydrogen-bond acceptors (Lipinski definition) is 5. The number of nitrogens with zero attached hydrogens (tertiary/aromatic N) is 1.